The molecule has 2 atom stereocenters. The number of likely N-dealkylation sites (tertiary alicyclic amines) is 1. The molecular formula is C17H25N2. The third-order valence-corrected chi connectivity index (χ3v) is 4.71. The van der Waals surface area contributed by atoms with Gasteiger partial charge in [0.05, 0.1) is 0 Å². The van der Waals surface area contributed by atoms with Crippen LogP contribution in [0.1, 0.15) is 30.7 Å². The zero-order chi connectivity index (χ0) is 13.1. The molecule has 19 heavy (non-hydrogen) atoms. The minimum atomic E-state index is 0.730. The van der Waals surface area contributed by atoms with Gasteiger partial charge >= 0.3 is 0 Å². The van der Waals surface area contributed by atoms with Crippen molar-refractivity contribution in [3.63, 3.8) is 0 Å². The van der Waals surface area contributed by atoms with E-state index in [1.165, 1.54) is 44.5 Å². The van der Waals surface area contributed by atoms with E-state index in [4.69, 9.17) is 0 Å². The molecule has 1 N–H and O–H groups in total. The average molecular weight is 257 g/mol. The Hall–Kier alpha value is -0.860. The van der Waals surface area contributed by atoms with Crippen LogP contribution in [0.5, 0.6) is 0 Å². The number of hydrogen-bond donors (Lipinski definition) is 1. The fourth-order valence-electron chi connectivity index (χ4n) is 3.22. The van der Waals surface area contributed by atoms with Gasteiger partial charge in [0.15, 0.2) is 0 Å². The molecule has 2 heteroatoms. The molecule has 0 bridgehead atoms. The first-order valence-corrected chi connectivity index (χ1v) is 7.66. The lowest BCUT2D eigenvalue weighted by molar-refractivity contribution is 0.197. The predicted molar refractivity (Wildman–Crippen MR) is 80.1 cm³/mol. The van der Waals surface area contributed by atoms with Gasteiger partial charge in [-0.15, -0.1) is 0 Å². The fraction of sp³-hybridized carbons (Fsp3) is 0.588. The van der Waals surface area contributed by atoms with Gasteiger partial charge in [-0.1, -0.05) is 30.3 Å². The Labute approximate surface area is 117 Å². The van der Waals surface area contributed by atoms with Crippen molar-refractivity contribution in [1.29, 1.82) is 0 Å². The summed E-state index contributed by atoms with van der Waals surface area (Å²) in [6, 6.07) is 11.7. The van der Waals surface area contributed by atoms with Crippen molar-refractivity contribution in [3.05, 3.63) is 42.8 Å². The highest BCUT2D eigenvalue weighted by Gasteiger charge is 2.38. The number of piperidine rings is 1. The van der Waals surface area contributed by atoms with Crippen molar-refractivity contribution < 1.29 is 0 Å². The van der Waals surface area contributed by atoms with Gasteiger partial charge in [-0.3, -0.25) is 0 Å². The summed E-state index contributed by atoms with van der Waals surface area (Å²) in [5, 5.41) is 3.77. The zero-order valence-electron chi connectivity index (χ0n) is 11.7. The lowest BCUT2D eigenvalue weighted by Crippen LogP contribution is -2.37. The third-order valence-electron chi connectivity index (χ3n) is 4.71. The highest BCUT2D eigenvalue weighted by atomic mass is 15.1. The number of nitrogens with zero attached hydrogens (tertiary/aromatic N) is 1. The second-order valence-electron chi connectivity index (χ2n) is 6.05. The Bertz CT molecular complexity index is 382. The van der Waals surface area contributed by atoms with Crippen molar-refractivity contribution in [2.75, 3.05) is 26.2 Å². The topological polar surface area (TPSA) is 15.3 Å². The van der Waals surface area contributed by atoms with E-state index in [2.05, 4.69) is 47.5 Å². The first kappa shape index (κ1) is 13.1. The van der Waals surface area contributed by atoms with E-state index in [1.54, 1.807) is 0 Å². The average Bonchev–Trinajstić information content (AvgIpc) is 3.26. The molecule has 1 aliphatic carbocycles. The van der Waals surface area contributed by atoms with Crippen LogP contribution in [-0.2, 0) is 0 Å². The predicted octanol–water partition coefficient (Wildman–Crippen LogP) is 2.68. The maximum atomic E-state index is 3.97. The van der Waals surface area contributed by atoms with Crippen LogP contribution in [0, 0.1) is 12.8 Å². The quantitative estimate of drug-likeness (QED) is 0.872. The Kier molecular flexibility index (Phi) is 4.19. The molecule has 0 amide bonds. The third kappa shape index (κ3) is 3.37. The molecule has 1 aromatic rings. The minimum absolute atomic E-state index is 0.730. The Balaban J connectivity index is 1.38. The summed E-state index contributed by atoms with van der Waals surface area (Å²) in [7, 11) is 0. The van der Waals surface area contributed by atoms with Gasteiger partial charge in [0.25, 0.3) is 0 Å². The molecule has 1 heterocycles. The number of nitrogens with one attached hydrogen (secondary N) is 1. The van der Waals surface area contributed by atoms with E-state index in [9.17, 15) is 0 Å². The van der Waals surface area contributed by atoms with E-state index in [0.717, 1.165) is 24.4 Å². The van der Waals surface area contributed by atoms with Crippen LogP contribution >= 0.6 is 0 Å². The second kappa shape index (κ2) is 6.06. The van der Waals surface area contributed by atoms with Crippen molar-refractivity contribution in [1.82, 2.24) is 10.2 Å². The molecule has 1 radical (unpaired) electrons. The molecule has 1 aliphatic heterocycles. The van der Waals surface area contributed by atoms with Crippen LogP contribution in [0.2, 0.25) is 0 Å². The molecule has 1 saturated carbocycles. The Morgan fingerprint density at radius 1 is 1.16 bits per heavy atom. The number of rotatable bonds is 5. The van der Waals surface area contributed by atoms with Crippen LogP contribution in [0.15, 0.2) is 30.3 Å². The SMILES string of the molecule is [CH2]CN1CCC(CNC2CC2c2ccccc2)CC1. The van der Waals surface area contributed by atoms with E-state index >= 15 is 0 Å². The number of hydrogen-bond acceptors (Lipinski definition) is 2. The molecule has 2 unspecified atom stereocenters. The molecule has 2 fully saturated rings. The van der Waals surface area contributed by atoms with Crippen molar-refractivity contribution in [2.45, 2.75) is 31.2 Å². The summed E-state index contributed by atoms with van der Waals surface area (Å²) in [4.78, 5) is 2.46. The molecule has 0 aromatic heterocycles. The van der Waals surface area contributed by atoms with Gasteiger partial charge in [0, 0.05) is 12.0 Å². The summed E-state index contributed by atoms with van der Waals surface area (Å²) in [6.07, 6.45) is 4.00. The Morgan fingerprint density at radius 3 is 2.58 bits per heavy atom. The second-order valence-corrected chi connectivity index (χ2v) is 6.05. The largest absolute Gasteiger partial charge is 0.313 e. The van der Waals surface area contributed by atoms with E-state index in [1.807, 2.05) is 0 Å². The van der Waals surface area contributed by atoms with E-state index in [-0.39, 0.29) is 0 Å². The van der Waals surface area contributed by atoms with Gasteiger partial charge < -0.3 is 10.2 Å². The maximum absolute atomic E-state index is 3.97. The summed E-state index contributed by atoms with van der Waals surface area (Å²) in [5.74, 6) is 1.64. The molecule has 1 saturated heterocycles. The number of benzene rings is 1. The maximum Gasteiger partial charge on any atom is 0.0143 e. The smallest absolute Gasteiger partial charge is 0.0143 e. The fourth-order valence-corrected chi connectivity index (χ4v) is 3.22. The van der Waals surface area contributed by atoms with Gasteiger partial charge in [-0.2, -0.15) is 0 Å². The Morgan fingerprint density at radius 2 is 1.89 bits per heavy atom. The van der Waals surface area contributed by atoms with E-state index < -0.39 is 0 Å². The summed E-state index contributed by atoms with van der Waals surface area (Å²) < 4.78 is 0. The van der Waals surface area contributed by atoms with Crippen molar-refractivity contribution in [2.24, 2.45) is 5.92 Å². The van der Waals surface area contributed by atoms with Crippen LogP contribution in [0.25, 0.3) is 0 Å². The molecule has 0 spiro atoms. The standard InChI is InChI=1S/C17H25N2/c1-2-19-10-8-14(9-11-19)13-18-17-12-16(17)15-6-4-3-5-7-15/h3-7,14,16-18H,1-2,8-13H2. The zero-order valence-corrected chi connectivity index (χ0v) is 11.7. The normalized spacial score (nSPS) is 28.5. The first-order valence-electron chi connectivity index (χ1n) is 7.66. The van der Waals surface area contributed by atoms with Gasteiger partial charge in [0.1, 0.15) is 0 Å². The lowest BCUT2D eigenvalue weighted by atomic mass is 9.97. The van der Waals surface area contributed by atoms with Gasteiger partial charge in [-0.25, -0.2) is 0 Å². The molecule has 3 rings (SSSR count). The molecule has 1 aromatic carbocycles. The molecule has 103 valence electrons. The summed E-state index contributed by atoms with van der Waals surface area (Å²) in [5.41, 5.74) is 1.51. The summed E-state index contributed by atoms with van der Waals surface area (Å²) >= 11 is 0. The van der Waals surface area contributed by atoms with Crippen molar-refractivity contribution in [3.8, 4) is 0 Å². The van der Waals surface area contributed by atoms with Crippen LogP contribution in [0.3, 0.4) is 0 Å². The first-order chi connectivity index (χ1) is 9.36. The van der Waals surface area contributed by atoms with Crippen LogP contribution < -0.4 is 5.32 Å². The van der Waals surface area contributed by atoms with Crippen LogP contribution in [0.4, 0.5) is 0 Å². The summed E-state index contributed by atoms with van der Waals surface area (Å²) in [6.45, 7) is 8.63. The van der Waals surface area contributed by atoms with E-state index in [0.29, 0.717) is 0 Å². The monoisotopic (exact) mass is 257 g/mol. The van der Waals surface area contributed by atoms with Gasteiger partial charge in [0.2, 0.25) is 0 Å². The van der Waals surface area contributed by atoms with Crippen LogP contribution in [-0.4, -0.2) is 37.1 Å². The van der Waals surface area contributed by atoms with Crippen molar-refractivity contribution >= 4 is 0 Å². The molecular weight excluding hydrogens is 232 g/mol. The minimum Gasteiger partial charge on any atom is -0.313 e. The lowest BCUT2D eigenvalue weighted by Gasteiger charge is -2.31. The highest BCUT2D eigenvalue weighted by molar-refractivity contribution is 5.27. The highest BCUT2D eigenvalue weighted by Crippen LogP contribution is 2.40. The van der Waals surface area contributed by atoms with Gasteiger partial charge in [-0.05, 0) is 63.8 Å². The molecule has 2 aliphatic rings. The molecule has 2 nitrogen and oxygen atoms in total.